The Morgan fingerprint density at radius 2 is 2.07 bits per heavy atom. The molecule has 2 nitrogen and oxygen atoms in total. The average Bonchev–Trinajstić information content (AvgIpc) is 2.65. The molecular weight excluding hydrogens is 181 g/mol. The van der Waals surface area contributed by atoms with Crippen LogP contribution in [0.4, 0.5) is 4.39 Å². The summed E-state index contributed by atoms with van der Waals surface area (Å²) in [5, 5.41) is 0. The number of rotatable bonds is 1. The highest BCUT2D eigenvalue weighted by atomic mass is 19.1. The number of hydrogen-bond acceptors (Lipinski definition) is 1. The number of nitrogens with zero attached hydrogens (tertiary/aromatic N) is 1. The summed E-state index contributed by atoms with van der Waals surface area (Å²) in [7, 11) is 0. The second-order valence-corrected chi connectivity index (χ2v) is 3.50. The number of hydrogen-bond donors (Lipinski definition) is 0. The Morgan fingerprint density at radius 3 is 2.64 bits per heavy atom. The van der Waals surface area contributed by atoms with Crippen LogP contribution in [0.3, 0.4) is 0 Å². The molecule has 1 fully saturated rings. The maximum atomic E-state index is 12.9. The molecule has 1 heterocycles. The lowest BCUT2D eigenvalue weighted by Crippen LogP contribution is -2.28. The normalized spacial score (nSPS) is 21.2. The minimum atomic E-state index is -0.845. The van der Waals surface area contributed by atoms with Crippen molar-refractivity contribution < 1.29 is 9.18 Å². The van der Waals surface area contributed by atoms with Crippen molar-refractivity contribution in [3.8, 4) is 0 Å². The van der Waals surface area contributed by atoms with Gasteiger partial charge in [-0.05, 0) is 18.6 Å². The van der Waals surface area contributed by atoms with E-state index in [2.05, 4.69) is 0 Å². The fraction of sp³-hybridized carbons (Fsp3) is 0.364. The molecule has 1 aromatic rings. The first-order valence-electron chi connectivity index (χ1n) is 4.76. The molecule has 1 atom stereocenters. The van der Waals surface area contributed by atoms with Gasteiger partial charge in [-0.25, -0.2) is 4.39 Å². The Bertz CT molecular complexity index is 325. The van der Waals surface area contributed by atoms with E-state index >= 15 is 0 Å². The van der Waals surface area contributed by atoms with E-state index in [4.69, 9.17) is 0 Å². The summed E-state index contributed by atoms with van der Waals surface area (Å²) in [5.41, 5.74) is 0.640. The molecule has 0 bridgehead atoms. The van der Waals surface area contributed by atoms with Crippen molar-refractivity contribution in [3.05, 3.63) is 35.9 Å². The van der Waals surface area contributed by atoms with Crippen molar-refractivity contribution in [2.24, 2.45) is 0 Å². The fourth-order valence-corrected chi connectivity index (χ4v) is 1.67. The molecule has 74 valence electrons. The van der Waals surface area contributed by atoms with Crippen molar-refractivity contribution in [1.29, 1.82) is 0 Å². The molecule has 0 aromatic heterocycles. The van der Waals surface area contributed by atoms with Gasteiger partial charge in [0.1, 0.15) is 6.17 Å². The van der Waals surface area contributed by atoms with E-state index in [0.717, 1.165) is 0 Å². The Balaban J connectivity index is 2.10. The summed E-state index contributed by atoms with van der Waals surface area (Å²) in [6.45, 7) is 0.780. The SMILES string of the molecule is O=C(c1ccccc1)N1CC[C@H](F)C1. The smallest absolute Gasteiger partial charge is 0.253 e. The summed E-state index contributed by atoms with van der Waals surface area (Å²) in [5.74, 6) is -0.0641. The topological polar surface area (TPSA) is 20.3 Å². The van der Waals surface area contributed by atoms with Crippen LogP contribution in [0.15, 0.2) is 30.3 Å². The van der Waals surface area contributed by atoms with Gasteiger partial charge >= 0.3 is 0 Å². The van der Waals surface area contributed by atoms with E-state index in [0.29, 0.717) is 18.5 Å². The first-order valence-corrected chi connectivity index (χ1v) is 4.76. The van der Waals surface area contributed by atoms with E-state index in [-0.39, 0.29) is 12.5 Å². The molecule has 0 unspecified atom stereocenters. The highest BCUT2D eigenvalue weighted by molar-refractivity contribution is 5.94. The van der Waals surface area contributed by atoms with E-state index in [1.54, 1.807) is 17.0 Å². The van der Waals surface area contributed by atoms with Gasteiger partial charge < -0.3 is 4.90 Å². The molecule has 0 aliphatic carbocycles. The third-order valence-electron chi connectivity index (χ3n) is 2.44. The minimum Gasteiger partial charge on any atom is -0.336 e. The van der Waals surface area contributed by atoms with Gasteiger partial charge in [0, 0.05) is 12.1 Å². The zero-order valence-corrected chi connectivity index (χ0v) is 7.82. The second-order valence-electron chi connectivity index (χ2n) is 3.50. The van der Waals surface area contributed by atoms with Crippen molar-refractivity contribution in [2.45, 2.75) is 12.6 Å². The van der Waals surface area contributed by atoms with Gasteiger partial charge in [-0.3, -0.25) is 4.79 Å². The molecule has 14 heavy (non-hydrogen) atoms. The maximum Gasteiger partial charge on any atom is 0.253 e. The van der Waals surface area contributed by atoms with Crippen LogP contribution in [0.5, 0.6) is 0 Å². The Hall–Kier alpha value is -1.38. The number of amides is 1. The quantitative estimate of drug-likeness (QED) is 0.666. The molecule has 1 aromatic carbocycles. The van der Waals surface area contributed by atoms with Gasteiger partial charge in [-0.2, -0.15) is 0 Å². The largest absolute Gasteiger partial charge is 0.336 e. The van der Waals surface area contributed by atoms with Crippen LogP contribution in [0.2, 0.25) is 0 Å². The lowest BCUT2D eigenvalue weighted by molar-refractivity contribution is 0.0783. The van der Waals surface area contributed by atoms with E-state index in [1.165, 1.54) is 0 Å². The molecule has 0 saturated carbocycles. The van der Waals surface area contributed by atoms with Crippen molar-refractivity contribution in [2.75, 3.05) is 13.1 Å². The predicted molar refractivity (Wildman–Crippen MR) is 51.9 cm³/mol. The minimum absolute atomic E-state index is 0.0641. The van der Waals surface area contributed by atoms with Gasteiger partial charge in [0.15, 0.2) is 0 Å². The first kappa shape index (κ1) is 9.19. The Morgan fingerprint density at radius 1 is 1.36 bits per heavy atom. The zero-order chi connectivity index (χ0) is 9.97. The molecule has 1 amide bonds. The Labute approximate surface area is 82.3 Å². The third-order valence-corrected chi connectivity index (χ3v) is 2.44. The molecule has 0 radical (unpaired) electrons. The highest BCUT2D eigenvalue weighted by Gasteiger charge is 2.26. The van der Waals surface area contributed by atoms with Crippen LogP contribution in [-0.4, -0.2) is 30.1 Å². The number of benzene rings is 1. The van der Waals surface area contributed by atoms with Crippen LogP contribution >= 0.6 is 0 Å². The Kier molecular flexibility index (Phi) is 2.48. The van der Waals surface area contributed by atoms with Crippen molar-refractivity contribution in [1.82, 2.24) is 4.90 Å². The predicted octanol–water partition coefficient (Wildman–Crippen LogP) is 1.87. The summed E-state index contributed by atoms with van der Waals surface area (Å²) in [4.78, 5) is 13.3. The van der Waals surface area contributed by atoms with E-state index < -0.39 is 6.17 Å². The fourth-order valence-electron chi connectivity index (χ4n) is 1.67. The molecule has 2 rings (SSSR count). The maximum absolute atomic E-state index is 12.9. The third kappa shape index (κ3) is 1.76. The van der Waals surface area contributed by atoms with Gasteiger partial charge in [-0.1, -0.05) is 18.2 Å². The molecule has 3 heteroatoms. The van der Waals surface area contributed by atoms with Crippen molar-refractivity contribution >= 4 is 5.91 Å². The van der Waals surface area contributed by atoms with E-state index in [9.17, 15) is 9.18 Å². The molecule has 0 N–H and O–H groups in total. The number of alkyl halides is 1. The van der Waals surface area contributed by atoms with Gasteiger partial charge in [0.25, 0.3) is 5.91 Å². The average molecular weight is 193 g/mol. The summed E-state index contributed by atoms with van der Waals surface area (Å²) >= 11 is 0. The van der Waals surface area contributed by atoms with Crippen LogP contribution in [0, 0.1) is 0 Å². The molecule has 0 spiro atoms. The molecule has 1 aliphatic rings. The zero-order valence-electron chi connectivity index (χ0n) is 7.82. The number of carbonyl (C=O) groups excluding carboxylic acids is 1. The van der Waals surface area contributed by atoms with Gasteiger partial charge in [0.2, 0.25) is 0 Å². The lowest BCUT2D eigenvalue weighted by Gasteiger charge is -2.14. The van der Waals surface area contributed by atoms with Crippen molar-refractivity contribution in [3.63, 3.8) is 0 Å². The summed E-state index contributed by atoms with van der Waals surface area (Å²) < 4.78 is 12.9. The lowest BCUT2D eigenvalue weighted by atomic mass is 10.2. The molecular formula is C11H12FNO. The number of halogens is 1. The van der Waals surface area contributed by atoms with Crippen LogP contribution in [-0.2, 0) is 0 Å². The monoisotopic (exact) mass is 193 g/mol. The number of likely N-dealkylation sites (tertiary alicyclic amines) is 1. The van der Waals surface area contributed by atoms with Crippen LogP contribution in [0.25, 0.3) is 0 Å². The number of carbonyl (C=O) groups is 1. The van der Waals surface area contributed by atoms with Crippen LogP contribution < -0.4 is 0 Å². The molecule has 1 aliphatic heterocycles. The first-order chi connectivity index (χ1) is 6.77. The van der Waals surface area contributed by atoms with E-state index in [1.807, 2.05) is 18.2 Å². The van der Waals surface area contributed by atoms with Gasteiger partial charge in [0.05, 0.1) is 6.54 Å². The van der Waals surface area contributed by atoms with Crippen LogP contribution in [0.1, 0.15) is 16.8 Å². The summed E-state index contributed by atoms with van der Waals surface area (Å²) in [6.07, 6.45) is -0.374. The standard InChI is InChI=1S/C11H12FNO/c12-10-6-7-13(8-10)11(14)9-4-2-1-3-5-9/h1-5,10H,6-8H2/t10-/m0/s1. The second kappa shape index (κ2) is 3.78. The molecule has 1 saturated heterocycles. The summed E-state index contributed by atoms with van der Waals surface area (Å²) in [6, 6.07) is 9.01. The van der Waals surface area contributed by atoms with Gasteiger partial charge in [-0.15, -0.1) is 0 Å². The highest BCUT2D eigenvalue weighted by Crippen LogP contribution is 2.15.